The Balaban J connectivity index is 1.66. The van der Waals surface area contributed by atoms with Crippen molar-refractivity contribution in [3.05, 3.63) is 105 Å². The van der Waals surface area contributed by atoms with Crippen molar-refractivity contribution in [1.82, 2.24) is 9.55 Å². The molecular weight excluding hydrogens is 458 g/mol. The van der Waals surface area contributed by atoms with Crippen LogP contribution in [-0.4, -0.2) is 51.5 Å². The number of H-pyrrole nitrogens is 1. The predicted molar refractivity (Wildman–Crippen MR) is 118 cm³/mol. The van der Waals surface area contributed by atoms with Crippen LogP contribution in [-0.2, 0) is 19.9 Å². The van der Waals surface area contributed by atoms with Crippen LogP contribution in [0.25, 0.3) is 0 Å². The zero-order valence-electron chi connectivity index (χ0n) is 18.1. The van der Waals surface area contributed by atoms with Gasteiger partial charge in [-0.15, -0.1) is 0 Å². The van der Waals surface area contributed by atoms with Gasteiger partial charge < -0.3 is 19.3 Å². The molecule has 1 aliphatic heterocycles. The number of rotatable bonds is 6. The molecule has 1 aliphatic rings. The maximum Gasteiger partial charge on any atom is 0.338 e. The monoisotopic (exact) mass is 477 g/mol. The summed E-state index contributed by atoms with van der Waals surface area (Å²) in [6.45, 7) is -0.515. The zero-order valence-corrected chi connectivity index (χ0v) is 18.1. The maximum absolute atomic E-state index is 12.7. The smallest absolute Gasteiger partial charge is 0.338 e. The van der Waals surface area contributed by atoms with Gasteiger partial charge in [-0.25, -0.2) is 14.4 Å². The average molecular weight is 477 g/mol. The Morgan fingerprint density at radius 2 is 1.63 bits per heavy atom. The zero-order chi connectivity index (χ0) is 25.0. The molecule has 35 heavy (non-hydrogen) atoms. The highest BCUT2D eigenvalue weighted by atomic mass is 16.6. The van der Waals surface area contributed by atoms with Gasteiger partial charge in [0, 0.05) is 12.3 Å². The van der Waals surface area contributed by atoms with Crippen LogP contribution in [0.4, 0.5) is 0 Å². The first-order valence-corrected chi connectivity index (χ1v) is 10.4. The molecule has 178 valence electrons. The lowest BCUT2D eigenvalue weighted by Crippen LogP contribution is -2.51. The number of aromatic amines is 1. The van der Waals surface area contributed by atoms with Crippen molar-refractivity contribution in [3.8, 4) is 6.07 Å². The topological polar surface area (TPSA) is 161 Å². The fourth-order valence-electron chi connectivity index (χ4n) is 3.67. The van der Waals surface area contributed by atoms with Crippen LogP contribution < -0.4 is 11.2 Å². The number of nitrogens with zero attached hydrogens (tertiary/aromatic N) is 2. The number of hydrogen-bond acceptors (Lipinski definition) is 9. The summed E-state index contributed by atoms with van der Waals surface area (Å²) >= 11 is 0. The average Bonchev–Trinajstić information content (AvgIpc) is 3.14. The van der Waals surface area contributed by atoms with E-state index in [1.54, 1.807) is 42.5 Å². The summed E-state index contributed by atoms with van der Waals surface area (Å²) in [4.78, 5) is 51.0. The minimum absolute atomic E-state index is 0.162. The maximum atomic E-state index is 12.7. The molecule has 4 atom stereocenters. The molecular formula is C24H19N3O8. The molecule has 1 fully saturated rings. The number of carbonyl (C=O) groups is 2. The Morgan fingerprint density at radius 1 is 1.03 bits per heavy atom. The first-order chi connectivity index (χ1) is 16.9. The van der Waals surface area contributed by atoms with E-state index in [0.29, 0.717) is 4.57 Å². The number of aliphatic hydroxyl groups is 1. The van der Waals surface area contributed by atoms with Crippen molar-refractivity contribution >= 4 is 11.9 Å². The lowest BCUT2D eigenvalue weighted by molar-refractivity contribution is -0.110. The molecule has 0 bridgehead atoms. The number of benzene rings is 2. The lowest BCUT2D eigenvalue weighted by Gasteiger charge is -2.26. The molecule has 11 nitrogen and oxygen atoms in total. The van der Waals surface area contributed by atoms with Crippen LogP contribution in [0.5, 0.6) is 0 Å². The van der Waals surface area contributed by atoms with E-state index in [-0.39, 0.29) is 11.1 Å². The third-order valence-electron chi connectivity index (χ3n) is 5.39. The van der Waals surface area contributed by atoms with Gasteiger partial charge in [0.1, 0.15) is 18.8 Å². The van der Waals surface area contributed by atoms with E-state index >= 15 is 0 Å². The number of nitriles is 1. The standard InChI is InChI=1S/C24H19N3O8/c25-14-24(27-12-11-18(28)26-23(27)32)20(29)19(34-22(31)16-9-5-2-6-10-16)17(35-24)13-33-21(30)15-7-3-1-4-8-15/h1-12,17,19-20,29H,13H2,(H,26,28,32)/t17-,19-,20+,24-/m1/s1. The number of ether oxygens (including phenoxy) is 3. The normalized spacial score (nSPS) is 23.3. The molecule has 0 spiro atoms. The van der Waals surface area contributed by atoms with E-state index < -0.39 is 53.8 Å². The molecule has 4 rings (SSSR count). The predicted octanol–water partition coefficient (Wildman–Crippen LogP) is 0.555. The van der Waals surface area contributed by atoms with Crippen LogP contribution in [0.1, 0.15) is 20.7 Å². The van der Waals surface area contributed by atoms with Crippen molar-refractivity contribution in [2.75, 3.05) is 6.61 Å². The van der Waals surface area contributed by atoms with Gasteiger partial charge in [0.15, 0.2) is 12.2 Å². The van der Waals surface area contributed by atoms with Crippen LogP contribution in [0.15, 0.2) is 82.5 Å². The fourth-order valence-corrected chi connectivity index (χ4v) is 3.67. The highest BCUT2D eigenvalue weighted by Gasteiger charge is 2.59. The second kappa shape index (κ2) is 9.76. The quantitative estimate of drug-likeness (QED) is 0.483. The summed E-state index contributed by atoms with van der Waals surface area (Å²) < 4.78 is 17.1. The number of nitrogens with one attached hydrogen (secondary N) is 1. The number of carbonyl (C=O) groups excluding carboxylic acids is 2. The summed E-state index contributed by atoms with van der Waals surface area (Å²) in [6.07, 6.45) is -3.75. The summed E-state index contributed by atoms with van der Waals surface area (Å²) in [6, 6.07) is 18.6. The summed E-state index contributed by atoms with van der Waals surface area (Å²) in [7, 11) is 0. The Morgan fingerprint density at radius 3 is 2.20 bits per heavy atom. The molecule has 11 heteroatoms. The van der Waals surface area contributed by atoms with Crippen molar-refractivity contribution in [2.24, 2.45) is 0 Å². The number of hydrogen-bond donors (Lipinski definition) is 2. The SMILES string of the molecule is N#C[C@@]1(n2ccc(=O)[nH]c2=O)O[C@H](COC(=O)c2ccccc2)[C@@H](OC(=O)c2ccccc2)[C@@H]1O. The van der Waals surface area contributed by atoms with E-state index in [0.717, 1.165) is 12.3 Å². The van der Waals surface area contributed by atoms with E-state index in [9.17, 15) is 29.5 Å². The largest absolute Gasteiger partial charge is 0.459 e. The Bertz CT molecular complexity index is 1380. The molecule has 1 aromatic heterocycles. The first-order valence-electron chi connectivity index (χ1n) is 10.4. The van der Waals surface area contributed by atoms with Crippen LogP contribution in [0, 0.1) is 11.3 Å². The van der Waals surface area contributed by atoms with E-state index in [2.05, 4.69) is 0 Å². The minimum atomic E-state index is -2.38. The molecule has 0 amide bonds. The molecule has 0 aliphatic carbocycles. The minimum Gasteiger partial charge on any atom is -0.459 e. The molecule has 1 saturated heterocycles. The highest BCUT2D eigenvalue weighted by Crippen LogP contribution is 2.36. The summed E-state index contributed by atoms with van der Waals surface area (Å²) in [5, 5.41) is 21.0. The molecule has 2 N–H and O–H groups in total. The van der Waals surface area contributed by atoms with Crippen LogP contribution in [0.3, 0.4) is 0 Å². The third kappa shape index (κ3) is 4.61. The van der Waals surface area contributed by atoms with E-state index in [4.69, 9.17) is 14.2 Å². The van der Waals surface area contributed by atoms with Gasteiger partial charge in [0.05, 0.1) is 11.1 Å². The highest BCUT2D eigenvalue weighted by molar-refractivity contribution is 5.90. The van der Waals surface area contributed by atoms with Crippen LogP contribution in [0.2, 0.25) is 0 Å². The van der Waals surface area contributed by atoms with Crippen molar-refractivity contribution in [2.45, 2.75) is 24.0 Å². The van der Waals surface area contributed by atoms with E-state index in [1.807, 2.05) is 4.98 Å². The first kappa shape index (κ1) is 23.6. The molecule has 2 heterocycles. The lowest BCUT2D eigenvalue weighted by atomic mass is 10.0. The molecule has 2 aromatic carbocycles. The van der Waals surface area contributed by atoms with Gasteiger partial charge in [0.2, 0.25) is 0 Å². The Labute approximate surface area is 197 Å². The summed E-state index contributed by atoms with van der Waals surface area (Å²) in [5.41, 5.74) is -3.74. The Hall–Kier alpha value is -4.53. The second-order valence-electron chi connectivity index (χ2n) is 7.59. The Kier molecular flexibility index (Phi) is 6.59. The van der Waals surface area contributed by atoms with Gasteiger partial charge in [0.25, 0.3) is 11.3 Å². The molecule has 3 aromatic rings. The van der Waals surface area contributed by atoms with Crippen molar-refractivity contribution < 1.29 is 28.9 Å². The second-order valence-corrected chi connectivity index (χ2v) is 7.59. The number of aliphatic hydroxyl groups excluding tert-OH is 1. The van der Waals surface area contributed by atoms with Gasteiger partial charge in [-0.3, -0.25) is 14.3 Å². The van der Waals surface area contributed by atoms with Gasteiger partial charge in [-0.05, 0) is 24.3 Å². The molecule has 0 saturated carbocycles. The van der Waals surface area contributed by atoms with Crippen molar-refractivity contribution in [3.63, 3.8) is 0 Å². The third-order valence-corrected chi connectivity index (χ3v) is 5.39. The van der Waals surface area contributed by atoms with E-state index in [1.165, 1.54) is 24.3 Å². The van der Waals surface area contributed by atoms with Gasteiger partial charge in [-0.1, -0.05) is 36.4 Å². The number of esters is 2. The van der Waals surface area contributed by atoms with Gasteiger partial charge in [-0.2, -0.15) is 5.26 Å². The van der Waals surface area contributed by atoms with Gasteiger partial charge >= 0.3 is 17.6 Å². The van der Waals surface area contributed by atoms with Crippen molar-refractivity contribution in [1.29, 1.82) is 5.26 Å². The van der Waals surface area contributed by atoms with Crippen LogP contribution >= 0.6 is 0 Å². The summed E-state index contributed by atoms with van der Waals surface area (Å²) in [5.74, 6) is -1.55. The molecule has 0 unspecified atom stereocenters. The molecule has 0 radical (unpaired) electrons. The number of aromatic nitrogens is 2. The fraction of sp³-hybridized carbons (Fsp3) is 0.208.